The maximum absolute atomic E-state index is 2.75. The number of rotatable bonds is 4. The maximum atomic E-state index is 2.75. The zero-order chi connectivity index (χ0) is 52.8. The van der Waals surface area contributed by atoms with Gasteiger partial charge in [-0.1, -0.05) is 174 Å². The molecule has 2 aliphatic heterocycles. The van der Waals surface area contributed by atoms with Crippen molar-refractivity contribution in [3.8, 4) is 22.3 Å². The maximum Gasteiger partial charge on any atom is 0.252 e. The van der Waals surface area contributed by atoms with Gasteiger partial charge in [-0.3, -0.25) is 0 Å². The summed E-state index contributed by atoms with van der Waals surface area (Å²) < 4.78 is 2.77. The summed E-state index contributed by atoms with van der Waals surface area (Å²) >= 11 is 2.00. The Hall–Kier alpha value is -6.36. The van der Waals surface area contributed by atoms with Gasteiger partial charge in [-0.05, 0) is 198 Å². The molecule has 9 aromatic rings. The van der Waals surface area contributed by atoms with Crippen molar-refractivity contribution in [3.05, 3.63) is 185 Å². The SMILES string of the molecule is Cc1cc2c(cc1N1c3cc4c(cc3B3c5cc6sc7cc8c(cc7c6cc5N(c5ccccc5-c5ccccc5)c5cc(-c6ccccc6)cc1c53)C(C)(C)CCC8(C)C)C(C)(C)CC4(C)C)C(C)(C)CCC2(C)C. The molecule has 3 heterocycles. The Morgan fingerprint density at radius 2 is 0.816 bits per heavy atom. The van der Waals surface area contributed by atoms with Crippen LogP contribution in [0.5, 0.6) is 0 Å². The van der Waals surface area contributed by atoms with Crippen molar-refractivity contribution in [2.45, 2.75) is 155 Å². The van der Waals surface area contributed by atoms with Crippen molar-refractivity contribution in [2.75, 3.05) is 9.80 Å². The van der Waals surface area contributed by atoms with Crippen LogP contribution in [0.3, 0.4) is 0 Å². The highest BCUT2D eigenvalue weighted by Crippen LogP contribution is 2.57. The Morgan fingerprint density at radius 1 is 0.368 bits per heavy atom. The smallest absolute Gasteiger partial charge is 0.252 e. The van der Waals surface area contributed by atoms with Crippen LogP contribution in [0.4, 0.5) is 34.1 Å². The van der Waals surface area contributed by atoms with E-state index in [9.17, 15) is 0 Å². The Morgan fingerprint density at radius 3 is 1.45 bits per heavy atom. The van der Waals surface area contributed by atoms with E-state index >= 15 is 0 Å². The minimum absolute atomic E-state index is 0.0156. The average molecular weight is 1010 g/mol. The summed E-state index contributed by atoms with van der Waals surface area (Å²) in [5.41, 5.74) is 27.5. The molecular formula is C72H73BN2S. The number of nitrogens with zero attached hydrogens (tertiary/aromatic N) is 2. The van der Waals surface area contributed by atoms with E-state index in [0.717, 1.165) is 6.42 Å². The van der Waals surface area contributed by atoms with Gasteiger partial charge >= 0.3 is 0 Å². The van der Waals surface area contributed by atoms with Gasteiger partial charge in [0.2, 0.25) is 0 Å². The molecule has 0 saturated carbocycles. The number of fused-ring (bicyclic) bond motifs is 10. The summed E-state index contributed by atoms with van der Waals surface area (Å²) in [5.74, 6) is 0. The third-order valence-electron chi connectivity index (χ3n) is 19.9. The molecule has 3 aliphatic carbocycles. The summed E-state index contributed by atoms with van der Waals surface area (Å²) in [5, 5.41) is 2.75. The molecule has 0 amide bonds. The number of hydrogen-bond acceptors (Lipinski definition) is 3. The molecule has 76 heavy (non-hydrogen) atoms. The van der Waals surface area contributed by atoms with Gasteiger partial charge in [0.25, 0.3) is 6.71 Å². The zero-order valence-corrected chi connectivity index (χ0v) is 48.1. The van der Waals surface area contributed by atoms with Gasteiger partial charge in [0, 0.05) is 54.2 Å². The van der Waals surface area contributed by atoms with Gasteiger partial charge in [0.05, 0.1) is 5.69 Å². The third-order valence-corrected chi connectivity index (χ3v) is 21.0. The molecule has 5 aliphatic rings. The molecule has 0 atom stereocenters. The first kappa shape index (κ1) is 48.0. The second-order valence-electron chi connectivity index (χ2n) is 27.8. The fourth-order valence-electron chi connectivity index (χ4n) is 15.6. The zero-order valence-electron chi connectivity index (χ0n) is 47.3. The molecule has 0 N–H and O–H groups in total. The van der Waals surface area contributed by atoms with E-state index in [0.29, 0.717) is 0 Å². The van der Waals surface area contributed by atoms with Gasteiger partial charge in [-0.15, -0.1) is 11.3 Å². The van der Waals surface area contributed by atoms with Crippen molar-refractivity contribution in [1.29, 1.82) is 0 Å². The van der Waals surface area contributed by atoms with Crippen LogP contribution in [0.15, 0.2) is 146 Å². The number of benzene rings is 8. The molecule has 2 nitrogen and oxygen atoms in total. The average Bonchev–Trinajstić information content (AvgIpc) is 3.93. The molecule has 4 heteroatoms. The van der Waals surface area contributed by atoms with Crippen LogP contribution >= 0.6 is 11.3 Å². The molecule has 0 bridgehead atoms. The Balaban J connectivity index is 1.15. The van der Waals surface area contributed by atoms with E-state index in [-0.39, 0.29) is 39.2 Å². The molecule has 0 unspecified atom stereocenters. The molecular weight excluding hydrogens is 936 g/mol. The summed E-state index contributed by atoms with van der Waals surface area (Å²) in [6, 6.07) is 57.7. The molecule has 380 valence electrons. The summed E-state index contributed by atoms with van der Waals surface area (Å²) in [6.45, 7) is 32.1. The van der Waals surface area contributed by atoms with Gasteiger partial charge in [-0.25, -0.2) is 0 Å². The minimum atomic E-state index is -0.0185. The first-order chi connectivity index (χ1) is 36.0. The van der Waals surface area contributed by atoms with Crippen LogP contribution in [0.1, 0.15) is 154 Å². The lowest BCUT2D eigenvalue weighted by atomic mass is 9.33. The van der Waals surface area contributed by atoms with Crippen LogP contribution in [0.2, 0.25) is 0 Å². The lowest BCUT2D eigenvalue weighted by Crippen LogP contribution is -2.61. The van der Waals surface area contributed by atoms with Crippen LogP contribution in [-0.2, 0) is 32.5 Å². The van der Waals surface area contributed by atoms with Crippen molar-refractivity contribution in [2.24, 2.45) is 0 Å². The second kappa shape index (κ2) is 15.9. The van der Waals surface area contributed by atoms with Crippen molar-refractivity contribution < 1.29 is 0 Å². The second-order valence-corrected chi connectivity index (χ2v) is 28.9. The highest BCUT2D eigenvalue weighted by Gasteiger charge is 2.50. The number of thiophene rings is 1. The van der Waals surface area contributed by atoms with Gasteiger partial charge < -0.3 is 9.80 Å². The highest BCUT2D eigenvalue weighted by molar-refractivity contribution is 7.26. The molecule has 14 rings (SSSR count). The monoisotopic (exact) mass is 1010 g/mol. The fraction of sp³-hybridized carbons (Fsp3) is 0.333. The normalized spacial score (nSPS) is 19.4. The minimum Gasteiger partial charge on any atom is -0.311 e. The molecule has 0 radical (unpaired) electrons. The van der Waals surface area contributed by atoms with E-state index in [2.05, 4.69) is 245 Å². The topological polar surface area (TPSA) is 6.48 Å². The number of hydrogen-bond donors (Lipinski definition) is 0. The van der Waals surface area contributed by atoms with Crippen LogP contribution < -0.4 is 26.2 Å². The van der Waals surface area contributed by atoms with Crippen LogP contribution in [0.25, 0.3) is 42.4 Å². The predicted molar refractivity (Wildman–Crippen MR) is 330 cm³/mol. The van der Waals surface area contributed by atoms with Gasteiger partial charge in [0.1, 0.15) is 0 Å². The lowest BCUT2D eigenvalue weighted by molar-refractivity contribution is 0.332. The molecule has 1 aromatic heterocycles. The van der Waals surface area contributed by atoms with Crippen molar-refractivity contribution in [1.82, 2.24) is 0 Å². The van der Waals surface area contributed by atoms with Gasteiger partial charge in [0.15, 0.2) is 0 Å². The Labute approximate surface area is 457 Å². The highest BCUT2D eigenvalue weighted by atomic mass is 32.1. The third kappa shape index (κ3) is 6.90. The molecule has 8 aromatic carbocycles. The summed E-state index contributed by atoms with van der Waals surface area (Å²) in [4.78, 5) is 5.45. The summed E-state index contributed by atoms with van der Waals surface area (Å²) in [6.07, 6.45) is 5.87. The first-order valence-corrected chi connectivity index (χ1v) is 29.2. The van der Waals surface area contributed by atoms with E-state index in [1.807, 2.05) is 11.3 Å². The number of aryl methyl sites for hydroxylation is 1. The van der Waals surface area contributed by atoms with Gasteiger partial charge in [-0.2, -0.15) is 0 Å². The van der Waals surface area contributed by atoms with Crippen LogP contribution in [0, 0.1) is 6.92 Å². The predicted octanol–water partition coefficient (Wildman–Crippen LogP) is 18.4. The molecule has 0 fully saturated rings. The van der Waals surface area contributed by atoms with Crippen LogP contribution in [-0.4, -0.2) is 6.71 Å². The fourth-order valence-corrected chi connectivity index (χ4v) is 16.7. The molecule has 0 spiro atoms. The Bertz CT molecular complexity index is 3940. The number of para-hydroxylation sites is 1. The van der Waals surface area contributed by atoms with E-state index in [4.69, 9.17) is 0 Å². The van der Waals surface area contributed by atoms with E-state index in [1.54, 1.807) is 0 Å². The molecule has 0 saturated heterocycles. The van der Waals surface area contributed by atoms with Crippen molar-refractivity contribution in [3.63, 3.8) is 0 Å². The van der Waals surface area contributed by atoms with Crippen molar-refractivity contribution >= 4 is 88.7 Å². The van der Waals surface area contributed by atoms with E-state index < -0.39 is 0 Å². The number of anilines is 6. The largest absolute Gasteiger partial charge is 0.311 e. The van der Waals surface area contributed by atoms with E-state index in [1.165, 1.54) is 158 Å². The summed E-state index contributed by atoms with van der Waals surface area (Å²) in [7, 11) is 0. The Kier molecular flexibility index (Phi) is 10.0. The standard InChI is InChI=1S/C72H73BN2S/c1-43-32-50-53(69(6,7)30-28-67(50,2)3)38-59(43)75-61-39-54-52(71(10,11)42-72(54,12)13)37-56(61)73-57-41-65-49(48-35-51-55(40-64(48)76-65)70(8,9)31-29-68(51,4)5)36-60(57)74(58-27-21-20-26-47(58)45-24-18-15-19-25-45)62-33-46(34-63(75)66(62)73)44-22-16-14-17-23-44/h14-27,32-41H,28-31,42H2,1-13H3. The quantitative estimate of drug-likeness (QED) is 0.162. The first-order valence-electron chi connectivity index (χ1n) is 28.4. The lowest BCUT2D eigenvalue weighted by Gasteiger charge is -2.47.